The summed E-state index contributed by atoms with van der Waals surface area (Å²) < 4.78 is 0. The smallest absolute Gasteiger partial charge is 0.0707 e. The molecule has 0 saturated carbocycles. The van der Waals surface area contributed by atoms with Crippen LogP contribution in [0, 0.1) is 0 Å². The molecule has 0 spiro atoms. The van der Waals surface area contributed by atoms with E-state index in [1.165, 1.54) is 38.3 Å². The summed E-state index contributed by atoms with van der Waals surface area (Å²) in [4.78, 5) is 1.28. The molecule has 0 saturated heterocycles. The second-order valence-electron chi connectivity index (χ2n) is 13.4. The molecule has 248 valence electrons. The van der Waals surface area contributed by atoms with Gasteiger partial charge in [0.25, 0.3) is 0 Å². The van der Waals surface area contributed by atoms with Gasteiger partial charge in [-0.1, -0.05) is 184 Å². The first-order valence-electron chi connectivity index (χ1n) is 17.1. The normalized spacial score (nSPS) is 18.2. The molecule has 1 unspecified atom stereocenters. The molecule has 1 N–H and O–H groups in total. The first kappa shape index (κ1) is 34.5. The van der Waals surface area contributed by atoms with Crippen molar-refractivity contribution >= 4 is 33.5 Å². The van der Waals surface area contributed by atoms with E-state index in [1.807, 2.05) is 19.1 Å². The van der Waals surface area contributed by atoms with Crippen LogP contribution in [0.2, 0.25) is 0 Å². The summed E-state index contributed by atoms with van der Waals surface area (Å²) in [7, 11) is 0. The van der Waals surface area contributed by atoms with E-state index in [9.17, 15) is 0 Å². The number of thioether (sulfide) groups is 1. The lowest BCUT2D eigenvalue weighted by Gasteiger charge is -2.25. The summed E-state index contributed by atoms with van der Waals surface area (Å²) in [5.74, 6) is 0. The molecule has 0 aromatic heterocycles. The van der Waals surface area contributed by atoms with Gasteiger partial charge in [-0.05, 0) is 92.6 Å². The van der Waals surface area contributed by atoms with Crippen LogP contribution in [0.1, 0.15) is 61.6 Å². The van der Waals surface area contributed by atoms with E-state index in [0.29, 0.717) is 0 Å². The molecule has 2 heteroatoms. The van der Waals surface area contributed by atoms with Gasteiger partial charge in [-0.25, -0.2) is 0 Å². The van der Waals surface area contributed by atoms with Crippen LogP contribution in [0.25, 0.3) is 27.2 Å². The van der Waals surface area contributed by atoms with Gasteiger partial charge in [-0.3, -0.25) is 0 Å². The molecule has 1 heterocycles. The lowest BCUT2D eigenvalue weighted by molar-refractivity contribution is 0.653. The van der Waals surface area contributed by atoms with E-state index in [0.717, 1.165) is 39.1 Å². The molecule has 0 radical (unpaired) electrons. The molecule has 1 aliphatic carbocycles. The largest absolute Gasteiger partial charge is 0.375 e. The third-order valence-electron chi connectivity index (χ3n) is 9.49. The third kappa shape index (κ3) is 7.47. The molecule has 1 aliphatic heterocycles. The number of nitrogens with one attached hydrogen (secondary N) is 1. The molecule has 0 amide bonds. The van der Waals surface area contributed by atoms with Gasteiger partial charge in [-0.15, -0.1) is 0 Å². The van der Waals surface area contributed by atoms with E-state index in [1.54, 1.807) is 11.8 Å². The summed E-state index contributed by atoms with van der Waals surface area (Å²) in [6, 6.07) is 34.9. The van der Waals surface area contributed by atoms with Crippen LogP contribution < -0.4 is 5.32 Å². The van der Waals surface area contributed by atoms with Crippen LogP contribution >= 0.6 is 11.8 Å². The van der Waals surface area contributed by atoms with Gasteiger partial charge in [0, 0.05) is 16.0 Å². The zero-order valence-electron chi connectivity index (χ0n) is 29.5. The van der Waals surface area contributed by atoms with Crippen molar-refractivity contribution in [2.75, 3.05) is 5.32 Å². The van der Waals surface area contributed by atoms with Crippen LogP contribution in [0.15, 0.2) is 188 Å². The highest BCUT2D eigenvalue weighted by molar-refractivity contribution is 8.11. The van der Waals surface area contributed by atoms with Crippen molar-refractivity contribution in [1.82, 2.24) is 0 Å². The van der Waals surface area contributed by atoms with E-state index >= 15 is 0 Å². The zero-order chi connectivity index (χ0) is 35.3. The van der Waals surface area contributed by atoms with Crippen LogP contribution in [-0.4, -0.2) is 0 Å². The van der Waals surface area contributed by atoms with Gasteiger partial charge >= 0.3 is 0 Å². The highest BCUT2D eigenvalue weighted by Gasteiger charge is 2.37. The summed E-state index contributed by atoms with van der Waals surface area (Å²) in [5.41, 5.74) is 14.7. The van der Waals surface area contributed by atoms with E-state index in [4.69, 9.17) is 0 Å². The summed E-state index contributed by atoms with van der Waals surface area (Å²) in [5, 5.41) is 6.06. The Kier molecular flexibility index (Phi) is 10.4. The molecular formula is C48H45NS. The van der Waals surface area contributed by atoms with E-state index < -0.39 is 0 Å². The Morgan fingerprint density at radius 1 is 0.780 bits per heavy atom. The zero-order valence-corrected chi connectivity index (χ0v) is 30.4. The van der Waals surface area contributed by atoms with Gasteiger partial charge in [0.05, 0.1) is 6.04 Å². The Morgan fingerprint density at radius 2 is 1.46 bits per heavy atom. The second kappa shape index (κ2) is 15.1. The SMILES string of the molecule is C=C1/C=C\C=C/SC2=C(/C=C\C1=C)C(C)(C)c1cc(C(/C=C(\C=C/C)c3ccc(C(=C)C)cc3)Nc3ccc(-c4ccccc4)cc3)ccc12. The Bertz CT molecular complexity index is 2110. The highest BCUT2D eigenvalue weighted by atomic mass is 32.2. The predicted molar refractivity (Wildman–Crippen MR) is 222 cm³/mol. The first-order chi connectivity index (χ1) is 24.2. The minimum atomic E-state index is -0.211. The van der Waals surface area contributed by atoms with Gasteiger partial charge in [-0.2, -0.15) is 0 Å². The average molecular weight is 668 g/mol. The molecule has 0 fully saturated rings. The average Bonchev–Trinajstić information content (AvgIpc) is 3.32. The molecule has 1 nitrogen and oxygen atoms in total. The predicted octanol–water partition coefficient (Wildman–Crippen LogP) is 13.7. The van der Waals surface area contributed by atoms with Crippen molar-refractivity contribution in [1.29, 1.82) is 0 Å². The maximum Gasteiger partial charge on any atom is 0.0707 e. The van der Waals surface area contributed by atoms with Crippen LogP contribution in [0.3, 0.4) is 0 Å². The highest BCUT2D eigenvalue weighted by Crippen LogP contribution is 2.52. The Balaban J connectivity index is 1.43. The molecule has 50 heavy (non-hydrogen) atoms. The first-order valence-corrected chi connectivity index (χ1v) is 18.0. The van der Waals surface area contributed by atoms with Crippen molar-refractivity contribution in [3.63, 3.8) is 0 Å². The summed E-state index contributed by atoms with van der Waals surface area (Å²) in [6.07, 6.45) is 17.1. The molecule has 0 bridgehead atoms. The van der Waals surface area contributed by atoms with Gasteiger partial charge in [0.2, 0.25) is 0 Å². The van der Waals surface area contributed by atoms with Crippen LogP contribution in [-0.2, 0) is 5.41 Å². The number of anilines is 1. The number of hydrogen-bond donors (Lipinski definition) is 1. The van der Waals surface area contributed by atoms with Crippen molar-refractivity contribution < 1.29 is 0 Å². The Labute approximate surface area is 303 Å². The fourth-order valence-corrected chi connectivity index (χ4v) is 7.58. The number of allylic oxidation sites excluding steroid dienone is 12. The van der Waals surface area contributed by atoms with Crippen molar-refractivity contribution in [3.8, 4) is 11.1 Å². The summed E-state index contributed by atoms with van der Waals surface area (Å²) in [6.45, 7) is 21.4. The van der Waals surface area contributed by atoms with Gasteiger partial charge < -0.3 is 5.32 Å². The number of benzene rings is 4. The quantitative estimate of drug-likeness (QED) is 0.188. The standard InChI is InChI=1S/C48H45NS/c1-8-14-40(39-21-19-36(20-22-39)33(2)3)32-46(49-42-26-23-38(24-27-42)37-16-10-9-11-17-37)41-25-28-43-45(31-41)48(6,7)44-29-18-35(5)34(4)15-12-13-30-50-47(43)44/h8-32,46,49H,2,4-5H2,1,3,6-7H3/b14-8-,15-12-,29-18-,30-13-,40-32+. The van der Waals surface area contributed by atoms with Crippen LogP contribution in [0.4, 0.5) is 5.69 Å². The fraction of sp³-hybridized carbons (Fsp3) is 0.125. The molecule has 1 atom stereocenters. The maximum absolute atomic E-state index is 4.28. The molecule has 6 rings (SSSR count). The molecular weight excluding hydrogens is 623 g/mol. The number of rotatable bonds is 8. The second-order valence-corrected chi connectivity index (χ2v) is 14.3. The monoisotopic (exact) mass is 667 g/mol. The Morgan fingerprint density at radius 3 is 2.16 bits per heavy atom. The summed E-state index contributed by atoms with van der Waals surface area (Å²) >= 11 is 1.78. The van der Waals surface area contributed by atoms with Gasteiger partial charge in [0.15, 0.2) is 0 Å². The molecule has 2 aliphatic rings. The van der Waals surface area contributed by atoms with E-state index in [-0.39, 0.29) is 11.5 Å². The minimum absolute atomic E-state index is 0.0971. The fourth-order valence-electron chi connectivity index (χ4n) is 6.52. The van der Waals surface area contributed by atoms with Crippen molar-refractivity contribution in [2.45, 2.75) is 39.2 Å². The number of fused-ring (bicyclic) bond motifs is 2. The maximum atomic E-state index is 4.28. The molecule has 4 aromatic rings. The van der Waals surface area contributed by atoms with Crippen LogP contribution in [0.5, 0.6) is 0 Å². The third-order valence-corrected chi connectivity index (χ3v) is 10.5. The van der Waals surface area contributed by atoms with E-state index in [2.05, 4.69) is 185 Å². The lowest BCUT2D eigenvalue weighted by Crippen LogP contribution is -2.17. The topological polar surface area (TPSA) is 12.0 Å². The lowest BCUT2D eigenvalue weighted by atomic mass is 9.80. The number of hydrogen-bond acceptors (Lipinski definition) is 2. The van der Waals surface area contributed by atoms with Crippen molar-refractivity contribution in [3.05, 3.63) is 215 Å². The minimum Gasteiger partial charge on any atom is -0.375 e. The molecule has 4 aromatic carbocycles. The van der Waals surface area contributed by atoms with Crippen molar-refractivity contribution in [2.24, 2.45) is 0 Å². The Hall–Kier alpha value is -5.31. The van der Waals surface area contributed by atoms with Gasteiger partial charge in [0.1, 0.15) is 0 Å².